The molecule has 3 heterocycles. The van der Waals surface area contributed by atoms with Crippen molar-refractivity contribution in [2.24, 2.45) is 0 Å². The number of rotatable bonds is 3. The van der Waals surface area contributed by atoms with E-state index in [2.05, 4.69) is 15.2 Å². The number of carbonyl (C=O) groups is 1. The van der Waals surface area contributed by atoms with E-state index in [-0.39, 0.29) is 12.6 Å². The summed E-state index contributed by atoms with van der Waals surface area (Å²) in [6, 6.07) is 3.38. The molecule has 0 saturated heterocycles. The van der Waals surface area contributed by atoms with Crippen LogP contribution in [0.1, 0.15) is 15.2 Å². The van der Waals surface area contributed by atoms with E-state index in [4.69, 9.17) is 4.74 Å². The maximum atomic E-state index is 11.8. The molecule has 18 heavy (non-hydrogen) atoms. The lowest BCUT2D eigenvalue weighted by Gasteiger charge is -2.03. The lowest BCUT2D eigenvalue weighted by molar-refractivity contribution is 0.0476. The first-order chi connectivity index (χ1) is 8.83. The van der Waals surface area contributed by atoms with Crippen LogP contribution in [0.4, 0.5) is 0 Å². The molecule has 0 aliphatic heterocycles. The first-order valence-corrected chi connectivity index (χ1v) is 6.05. The fourth-order valence-electron chi connectivity index (χ4n) is 1.48. The van der Waals surface area contributed by atoms with Crippen molar-refractivity contribution in [1.82, 2.24) is 19.6 Å². The van der Waals surface area contributed by atoms with Crippen LogP contribution in [0.25, 0.3) is 5.65 Å². The molecule has 0 unspecified atom stereocenters. The first-order valence-electron chi connectivity index (χ1n) is 5.17. The number of pyridine rings is 1. The van der Waals surface area contributed by atoms with Gasteiger partial charge in [0.25, 0.3) is 0 Å². The standard InChI is InChI=1S/C11H8N4O2S/c16-11(17-5-9-3-12-7-18-9)8-1-2-10-14-13-6-15(10)4-8/h1-4,6-7H,5H2. The SMILES string of the molecule is O=C(OCc1cncs1)c1ccc2nncn2c1. The number of aromatic nitrogens is 4. The molecule has 0 fully saturated rings. The number of esters is 1. The molecule has 0 bridgehead atoms. The lowest BCUT2D eigenvalue weighted by atomic mass is 10.3. The van der Waals surface area contributed by atoms with Crippen LogP contribution in [-0.2, 0) is 11.3 Å². The second kappa shape index (κ2) is 4.53. The minimum Gasteiger partial charge on any atom is -0.456 e. The number of fused-ring (bicyclic) bond motifs is 1. The highest BCUT2D eigenvalue weighted by Crippen LogP contribution is 2.10. The molecule has 3 aromatic heterocycles. The number of hydrogen-bond acceptors (Lipinski definition) is 6. The van der Waals surface area contributed by atoms with Gasteiger partial charge in [-0.2, -0.15) is 0 Å². The second-order valence-electron chi connectivity index (χ2n) is 3.56. The summed E-state index contributed by atoms with van der Waals surface area (Å²) < 4.78 is 6.85. The number of hydrogen-bond donors (Lipinski definition) is 0. The molecule has 7 heteroatoms. The Hall–Kier alpha value is -2.28. The quantitative estimate of drug-likeness (QED) is 0.668. The number of nitrogens with zero attached hydrogens (tertiary/aromatic N) is 4. The molecule has 0 N–H and O–H groups in total. The third-order valence-electron chi connectivity index (χ3n) is 2.36. The van der Waals surface area contributed by atoms with E-state index in [1.165, 1.54) is 17.7 Å². The van der Waals surface area contributed by atoms with Crippen molar-refractivity contribution in [3.63, 3.8) is 0 Å². The van der Waals surface area contributed by atoms with Crippen molar-refractivity contribution < 1.29 is 9.53 Å². The Morgan fingerprint density at radius 2 is 2.39 bits per heavy atom. The first kappa shape index (κ1) is 10.8. The Labute approximate surface area is 106 Å². The van der Waals surface area contributed by atoms with Crippen LogP contribution in [0, 0.1) is 0 Å². The molecule has 0 aliphatic rings. The van der Waals surface area contributed by atoms with E-state index in [0.29, 0.717) is 11.2 Å². The second-order valence-corrected chi connectivity index (χ2v) is 4.53. The molecule has 90 valence electrons. The molecule has 6 nitrogen and oxygen atoms in total. The van der Waals surface area contributed by atoms with Crippen molar-refractivity contribution >= 4 is 23.0 Å². The Bertz CT molecular complexity index is 677. The summed E-state index contributed by atoms with van der Waals surface area (Å²) in [4.78, 5) is 16.6. The average Bonchev–Trinajstić information content (AvgIpc) is 3.05. The molecular formula is C11H8N4O2S. The molecule has 3 aromatic rings. The van der Waals surface area contributed by atoms with Crippen molar-refractivity contribution in [3.05, 3.63) is 46.8 Å². The predicted molar refractivity (Wildman–Crippen MR) is 64.2 cm³/mol. The Morgan fingerprint density at radius 1 is 1.44 bits per heavy atom. The minimum atomic E-state index is -0.376. The van der Waals surface area contributed by atoms with Gasteiger partial charge in [-0.1, -0.05) is 0 Å². The minimum absolute atomic E-state index is 0.240. The van der Waals surface area contributed by atoms with Crippen LogP contribution in [0.15, 0.2) is 36.4 Å². The summed E-state index contributed by atoms with van der Waals surface area (Å²) in [5.41, 5.74) is 2.85. The summed E-state index contributed by atoms with van der Waals surface area (Å²) >= 11 is 1.45. The number of ether oxygens (including phenoxy) is 1. The smallest absolute Gasteiger partial charge is 0.340 e. The maximum absolute atomic E-state index is 11.8. The van der Waals surface area contributed by atoms with Gasteiger partial charge in [-0.3, -0.25) is 9.38 Å². The van der Waals surface area contributed by atoms with Gasteiger partial charge in [-0.15, -0.1) is 21.5 Å². The monoisotopic (exact) mass is 260 g/mol. The fraction of sp³-hybridized carbons (Fsp3) is 0.0909. The zero-order valence-electron chi connectivity index (χ0n) is 9.18. The molecule has 0 spiro atoms. The Balaban J connectivity index is 1.75. The lowest BCUT2D eigenvalue weighted by Crippen LogP contribution is -2.05. The van der Waals surface area contributed by atoms with Gasteiger partial charge in [-0.25, -0.2) is 4.79 Å². The van der Waals surface area contributed by atoms with Gasteiger partial charge in [0.1, 0.15) is 12.9 Å². The van der Waals surface area contributed by atoms with Crippen molar-refractivity contribution in [3.8, 4) is 0 Å². The van der Waals surface area contributed by atoms with Gasteiger partial charge in [0.15, 0.2) is 5.65 Å². The summed E-state index contributed by atoms with van der Waals surface area (Å²) in [5.74, 6) is -0.376. The third-order valence-corrected chi connectivity index (χ3v) is 3.11. The molecular weight excluding hydrogens is 252 g/mol. The Morgan fingerprint density at radius 3 is 3.22 bits per heavy atom. The van der Waals surface area contributed by atoms with Gasteiger partial charge >= 0.3 is 5.97 Å². The zero-order valence-corrected chi connectivity index (χ0v) is 10.0. The topological polar surface area (TPSA) is 69.4 Å². The molecule has 0 amide bonds. The van der Waals surface area contributed by atoms with E-state index < -0.39 is 0 Å². The average molecular weight is 260 g/mol. The Kier molecular flexibility index (Phi) is 2.73. The highest BCUT2D eigenvalue weighted by Gasteiger charge is 2.09. The van der Waals surface area contributed by atoms with Crippen LogP contribution in [-0.4, -0.2) is 25.6 Å². The van der Waals surface area contributed by atoms with Gasteiger partial charge in [-0.05, 0) is 12.1 Å². The van der Waals surface area contributed by atoms with Crippen molar-refractivity contribution in [2.45, 2.75) is 6.61 Å². The summed E-state index contributed by atoms with van der Waals surface area (Å²) in [6.45, 7) is 0.240. The number of carbonyl (C=O) groups excluding carboxylic acids is 1. The van der Waals surface area contributed by atoms with E-state index >= 15 is 0 Å². The fourth-order valence-corrected chi connectivity index (χ4v) is 1.99. The molecule has 3 rings (SSSR count). The van der Waals surface area contributed by atoms with Crippen LogP contribution in [0.3, 0.4) is 0 Å². The molecule has 0 atom stereocenters. The van der Waals surface area contributed by atoms with Crippen LogP contribution < -0.4 is 0 Å². The van der Waals surface area contributed by atoms with Crippen LogP contribution in [0.5, 0.6) is 0 Å². The highest BCUT2D eigenvalue weighted by molar-refractivity contribution is 7.09. The third kappa shape index (κ3) is 2.07. The van der Waals surface area contributed by atoms with Gasteiger partial charge in [0, 0.05) is 12.4 Å². The summed E-state index contributed by atoms with van der Waals surface area (Å²) in [5, 5.41) is 7.60. The van der Waals surface area contributed by atoms with Crippen molar-refractivity contribution in [1.29, 1.82) is 0 Å². The largest absolute Gasteiger partial charge is 0.456 e. The van der Waals surface area contributed by atoms with E-state index in [1.807, 2.05) is 0 Å². The highest BCUT2D eigenvalue weighted by atomic mass is 32.1. The van der Waals surface area contributed by atoms with E-state index in [0.717, 1.165) is 4.88 Å². The molecule has 0 saturated carbocycles. The van der Waals surface area contributed by atoms with E-state index in [9.17, 15) is 4.79 Å². The summed E-state index contributed by atoms with van der Waals surface area (Å²) in [6.07, 6.45) is 4.86. The number of thiazole rings is 1. The van der Waals surface area contributed by atoms with Crippen LogP contribution >= 0.6 is 11.3 Å². The molecule has 0 aromatic carbocycles. The molecule has 0 aliphatic carbocycles. The van der Waals surface area contributed by atoms with Gasteiger partial charge in [0.05, 0.1) is 16.0 Å². The summed E-state index contributed by atoms with van der Waals surface area (Å²) in [7, 11) is 0. The van der Waals surface area contributed by atoms with Crippen LogP contribution in [0.2, 0.25) is 0 Å². The normalized spacial score (nSPS) is 10.7. The van der Waals surface area contributed by atoms with Gasteiger partial charge < -0.3 is 4.74 Å². The maximum Gasteiger partial charge on any atom is 0.340 e. The predicted octanol–water partition coefficient (Wildman–Crippen LogP) is 1.54. The molecule has 0 radical (unpaired) electrons. The van der Waals surface area contributed by atoms with Gasteiger partial charge in [0.2, 0.25) is 0 Å². The van der Waals surface area contributed by atoms with Crippen molar-refractivity contribution in [2.75, 3.05) is 0 Å². The zero-order chi connectivity index (χ0) is 12.4. The van der Waals surface area contributed by atoms with E-state index in [1.54, 1.807) is 34.4 Å².